The minimum Gasteiger partial charge on any atom is -0.497 e. The van der Waals surface area contributed by atoms with Gasteiger partial charge in [-0.15, -0.1) is 0 Å². The predicted molar refractivity (Wildman–Crippen MR) is 130 cm³/mol. The number of fused-ring (bicyclic) bond motifs is 2. The molecule has 0 aliphatic rings. The fourth-order valence-corrected chi connectivity index (χ4v) is 4.29. The number of methoxy groups -OCH3 is 1. The van der Waals surface area contributed by atoms with Crippen molar-refractivity contribution in [3.8, 4) is 5.75 Å². The summed E-state index contributed by atoms with van der Waals surface area (Å²) in [5.74, 6) is 0.842. The highest BCUT2D eigenvalue weighted by Gasteiger charge is 2.15. The minimum atomic E-state index is 0.418. The standard InChI is InChI=1S/C25H34ClN3O/c1-5-9-19(10-8-15-29(6-2)7-3)27-25-21-13-11-18(26)16-24(21)28-23-14-12-20(30-4)17-22(23)25/h11-14,16-17,19H,5-10,15H2,1-4H3,(H,27,28). The molecule has 1 aromatic heterocycles. The van der Waals surface area contributed by atoms with Gasteiger partial charge in [-0.05, 0) is 75.3 Å². The molecule has 4 nitrogen and oxygen atoms in total. The molecule has 1 unspecified atom stereocenters. The smallest absolute Gasteiger partial charge is 0.119 e. The third-order valence-electron chi connectivity index (χ3n) is 5.85. The molecule has 0 aliphatic heterocycles. The molecule has 30 heavy (non-hydrogen) atoms. The van der Waals surface area contributed by atoms with Gasteiger partial charge in [-0.2, -0.15) is 0 Å². The summed E-state index contributed by atoms with van der Waals surface area (Å²) in [6.45, 7) is 10.1. The van der Waals surface area contributed by atoms with Crippen molar-refractivity contribution in [2.45, 2.75) is 52.5 Å². The van der Waals surface area contributed by atoms with Crippen molar-refractivity contribution < 1.29 is 4.74 Å². The van der Waals surface area contributed by atoms with Gasteiger partial charge in [0.1, 0.15) is 5.75 Å². The van der Waals surface area contributed by atoms with Crippen LogP contribution < -0.4 is 10.1 Å². The van der Waals surface area contributed by atoms with E-state index >= 15 is 0 Å². The number of anilines is 1. The number of nitrogens with zero attached hydrogens (tertiary/aromatic N) is 2. The normalized spacial score (nSPS) is 12.6. The van der Waals surface area contributed by atoms with Gasteiger partial charge in [0, 0.05) is 21.8 Å². The topological polar surface area (TPSA) is 37.4 Å². The molecule has 0 aliphatic carbocycles. The molecule has 0 saturated carbocycles. The number of nitrogens with one attached hydrogen (secondary N) is 1. The van der Waals surface area contributed by atoms with E-state index < -0.39 is 0 Å². The van der Waals surface area contributed by atoms with Crippen molar-refractivity contribution in [1.29, 1.82) is 0 Å². The molecule has 2 aromatic carbocycles. The molecular weight excluding hydrogens is 394 g/mol. The first-order valence-electron chi connectivity index (χ1n) is 11.1. The SMILES string of the molecule is CCCC(CCCN(CC)CC)Nc1c2ccc(Cl)cc2nc2ccc(OC)cc12. The highest BCUT2D eigenvalue weighted by molar-refractivity contribution is 6.31. The molecule has 1 heterocycles. The highest BCUT2D eigenvalue weighted by atomic mass is 35.5. The Morgan fingerprint density at radius 2 is 1.80 bits per heavy atom. The molecule has 162 valence electrons. The first kappa shape index (κ1) is 22.6. The van der Waals surface area contributed by atoms with Crippen LogP contribution in [0, 0.1) is 0 Å². The van der Waals surface area contributed by atoms with Crippen molar-refractivity contribution in [2.24, 2.45) is 0 Å². The van der Waals surface area contributed by atoms with Crippen molar-refractivity contribution in [3.63, 3.8) is 0 Å². The average Bonchev–Trinajstić information content (AvgIpc) is 2.76. The van der Waals surface area contributed by atoms with E-state index in [9.17, 15) is 0 Å². The number of hydrogen-bond donors (Lipinski definition) is 1. The first-order chi connectivity index (χ1) is 14.6. The molecule has 3 aromatic rings. The maximum Gasteiger partial charge on any atom is 0.119 e. The van der Waals surface area contributed by atoms with Crippen LogP contribution in [0.4, 0.5) is 5.69 Å². The maximum absolute atomic E-state index is 6.27. The summed E-state index contributed by atoms with van der Waals surface area (Å²) in [4.78, 5) is 7.34. The minimum absolute atomic E-state index is 0.418. The Morgan fingerprint density at radius 1 is 1.00 bits per heavy atom. The van der Waals surface area contributed by atoms with Gasteiger partial charge < -0.3 is 15.0 Å². The lowest BCUT2D eigenvalue weighted by molar-refractivity contribution is 0.293. The largest absolute Gasteiger partial charge is 0.497 e. The summed E-state index contributed by atoms with van der Waals surface area (Å²) in [5, 5.41) is 6.79. The van der Waals surface area contributed by atoms with Crippen LogP contribution in [0.1, 0.15) is 46.5 Å². The molecule has 5 heteroatoms. The fourth-order valence-electron chi connectivity index (χ4n) is 4.12. The second-order valence-electron chi connectivity index (χ2n) is 7.83. The molecule has 0 bridgehead atoms. The van der Waals surface area contributed by atoms with E-state index in [-0.39, 0.29) is 0 Å². The van der Waals surface area contributed by atoms with Crippen LogP contribution >= 0.6 is 11.6 Å². The molecule has 0 spiro atoms. The van der Waals surface area contributed by atoms with Gasteiger partial charge in [0.05, 0.1) is 23.8 Å². The zero-order valence-corrected chi connectivity index (χ0v) is 19.4. The molecule has 1 N–H and O–H groups in total. The van der Waals surface area contributed by atoms with Crippen LogP contribution in [0.3, 0.4) is 0 Å². The maximum atomic E-state index is 6.27. The molecule has 1 atom stereocenters. The lowest BCUT2D eigenvalue weighted by Crippen LogP contribution is -2.26. The Kier molecular flexibility index (Phi) is 8.17. The van der Waals surface area contributed by atoms with E-state index in [1.807, 2.05) is 24.3 Å². The molecular formula is C25H34ClN3O. The lowest BCUT2D eigenvalue weighted by Gasteiger charge is -2.24. The van der Waals surface area contributed by atoms with Crippen molar-refractivity contribution >= 4 is 39.1 Å². The van der Waals surface area contributed by atoms with E-state index in [4.69, 9.17) is 21.3 Å². The Labute approximate surface area is 185 Å². The van der Waals surface area contributed by atoms with Crippen molar-refractivity contribution in [1.82, 2.24) is 9.88 Å². The van der Waals surface area contributed by atoms with Crippen LogP contribution in [0.5, 0.6) is 5.75 Å². The van der Waals surface area contributed by atoms with Gasteiger partial charge in [0.25, 0.3) is 0 Å². The van der Waals surface area contributed by atoms with Crippen molar-refractivity contribution in [3.05, 3.63) is 41.4 Å². The summed E-state index contributed by atoms with van der Waals surface area (Å²) in [6.07, 6.45) is 4.63. The number of halogens is 1. The van der Waals surface area contributed by atoms with Gasteiger partial charge in [-0.25, -0.2) is 4.98 Å². The molecule has 3 rings (SSSR count). The Morgan fingerprint density at radius 3 is 2.50 bits per heavy atom. The van der Waals surface area contributed by atoms with Gasteiger partial charge in [0.2, 0.25) is 0 Å². The van der Waals surface area contributed by atoms with Crippen LogP contribution in [0.25, 0.3) is 21.8 Å². The number of hydrogen-bond acceptors (Lipinski definition) is 4. The Hall–Kier alpha value is -2.04. The molecule has 0 fully saturated rings. The van der Waals surface area contributed by atoms with Gasteiger partial charge in [0.15, 0.2) is 0 Å². The number of ether oxygens (including phenoxy) is 1. The summed E-state index contributed by atoms with van der Waals surface area (Å²) >= 11 is 6.27. The number of benzene rings is 2. The van der Waals surface area contributed by atoms with Crippen molar-refractivity contribution in [2.75, 3.05) is 32.1 Å². The highest BCUT2D eigenvalue weighted by Crippen LogP contribution is 2.35. The predicted octanol–water partition coefficient (Wildman–Crippen LogP) is 6.75. The Balaban J connectivity index is 1.97. The molecule has 0 radical (unpaired) electrons. The van der Waals surface area contributed by atoms with Crippen LogP contribution in [-0.2, 0) is 0 Å². The first-order valence-corrected chi connectivity index (χ1v) is 11.5. The van der Waals surface area contributed by atoms with Crippen LogP contribution in [0.2, 0.25) is 5.02 Å². The molecule has 0 saturated heterocycles. The van der Waals surface area contributed by atoms with Crippen LogP contribution in [-0.4, -0.2) is 42.7 Å². The lowest BCUT2D eigenvalue weighted by atomic mass is 10.0. The zero-order chi connectivity index (χ0) is 21.5. The second kappa shape index (κ2) is 10.8. The zero-order valence-electron chi connectivity index (χ0n) is 18.7. The van der Waals surface area contributed by atoms with Crippen LogP contribution in [0.15, 0.2) is 36.4 Å². The number of pyridine rings is 1. The summed E-state index contributed by atoms with van der Waals surface area (Å²) < 4.78 is 5.49. The Bertz CT molecular complexity index is 971. The quantitative estimate of drug-likeness (QED) is 0.343. The number of aromatic nitrogens is 1. The monoisotopic (exact) mass is 427 g/mol. The van der Waals surface area contributed by atoms with E-state index in [2.05, 4.69) is 43.1 Å². The van der Waals surface area contributed by atoms with E-state index in [0.29, 0.717) is 11.1 Å². The van der Waals surface area contributed by atoms with Gasteiger partial charge >= 0.3 is 0 Å². The summed E-state index contributed by atoms with van der Waals surface area (Å²) in [7, 11) is 1.70. The third-order valence-corrected chi connectivity index (χ3v) is 6.09. The summed E-state index contributed by atoms with van der Waals surface area (Å²) in [6, 6.07) is 12.4. The van der Waals surface area contributed by atoms with E-state index in [1.54, 1.807) is 7.11 Å². The van der Waals surface area contributed by atoms with E-state index in [0.717, 1.165) is 72.1 Å². The van der Waals surface area contributed by atoms with E-state index in [1.165, 1.54) is 6.42 Å². The average molecular weight is 428 g/mol. The second-order valence-corrected chi connectivity index (χ2v) is 8.27. The summed E-state index contributed by atoms with van der Waals surface area (Å²) in [5.41, 5.74) is 3.00. The fraction of sp³-hybridized carbons (Fsp3) is 0.480. The van der Waals surface area contributed by atoms with Gasteiger partial charge in [-0.3, -0.25) is 0 Å². The third kappa shape index (κ3) is 5.35. The van der Waals surface area contributed by atoms with Gasteiger partial charge in [-0.1, -0.05) is 38.8 Å². The molecule has 0 amide bonds. The number of rotatable bonds is 11.